The lowest BCUT2D eigenvalue weighted by Crippen LogP contribution is -2.54. The number of nitrogen functional groups attached to an aromatic ring is 1. The van der Waals surface area contributed by atoms with Crippen molar-refractivity contribution in [3.8, 4) is 6.01 Å². The first-order valence-corrected chi connectivity index (χ1v) is 9.45. The zero-order valence-electron chi connectivity index (χ0n) is 16.9. The number of rotatable bonds is 10. The molecule has 0 spiro atoms. The second kappa shape index (κ2) is 9.15. The van der Waals surface area contributed by atoms with Crippen molar-refractivity contribution >= 4 is 17.0 Å². The molecule has 162 valence electrons. The minimum Gasteiger partial charge on any atom is -0.467 e. The van der Waals surface area contributed by atoms with Crippen molar-refractivity contribution in [3.63, 3.8) is 0 Å². The number of aliphatic hydroxyl groups excluding tert-OH is 1. The van der Waals surface area contributed by atoms with Crippen LogP contribution < -0.4 is 10.5 Å². The summed E-state index contributed by atoms with van der Waals surface area (Å²) in [5, 5.41) is 10.7. The number of hydrogen-bond acceptors (Lipinski definition) is 11. The molecule has 1 aliphatic heterocycles. The van der Waals surface area contributed by atoms with Gasteiger partial charge in [-0.3, -0.25) is 4.57 Å². The van der Waals surface area contributed by atoms with Crippen LogP contribution in [0.15, 0.2) is 6.33 Å². The Morgan fingerprint density at radius 1 is 1.24 bits per heavy atom. The van der Waals surface area contributed by atoms with Gasteiger partial charge in [0.2, 0.25) is 0 Å². The molecule has 12 heteroatoms. The summed E-state index contributed by atoms with van der Waals surface area (Å²) < 4.78 is 24.2. The molecule has 0 aliphatic carbocycles. The Morgan fingerprint density at radius 3 is 2.59 bits per heavy atom. The lowest BCUT2D eigenvalue weighted by molar-refractivity contribution is -0.528. The van der Waals surface area contributed by atoms with E-state index in [9.17, 15) is 5.11 Å². The Balaban J connectivity index is 1.93. The number of hydrogen-bond donors (Lipinski definition) is 2. The number of aliphatic hydroxyl groups is 1. The second-order valence-electron chi connectivity index (χ2n) is 6.19. The molecule has 0 bridgehead atoms. The average Bonchev–Trinajstić information content (AvgIpc) is 3.30. The maximum Gasteiger partial charge on any atom is 0.341 e. The standard InChI is InChI=1S/C17H27N5O7/c1-5-25-17(26-6-2,29-27-7-3)13-10(23)8-11(28-13)22-9-19-12-14(18)20-16(24-4)21-15(12)22/h9-11,13,23H,5-8H2,1-4H3,(H2,18,20,21)/t10-,11+,13-/m0/s1. The van der Waals surface area contributed by atoms with Crippen LogP contribution in [-0.2, 0) is 24.0 Å². The average molecular weight is 413 g/mol. The molecule has 0 amide bonds. The van der Waals surface area contributed by atoms with Gasteiger partial charge in [-0.2, -0.15) is 14.9 Å². The van der Waals surface area contributed by atoms with E-state index in [-0.39, 0.29) is 38.1 Å². The van der Waals surface area contributed by atoms with Gasteiger partial charge in [0.15, 0.2) is 23.1 Å². The minimum atomic E-state index is -1.73. The van der Waals surface area contributed by atoms with Crippen LogP contribution >= 0.6 is 0 Å². The van der Waals surface area contributed by atoms with Gasteiger partial charge in [0.1, 0.15) is 6.23 Å². The second-order valence-corrected chi connectivity index (χ2v) is 6.19. The molecule has 2 aromatic rings. The molecule has 29 heavy (non-hydrogen) atoms. The maximum atomic E-state index is 10.7. The lowest BCUT2D eigenvalue weighted by atomic mass is 10.1. The topological polar surface area (TPSA) is 145 Å². The minimum absolute atomic E-state index is 0.101. The molecule has 2 aromatic heterocycles. The summed E-state index contributed by atoms with van der Waals surface area (Å²) in [7, 11) is 1.44. The predicted molar refractivity (Wildman–Crippen MR) is 99.5 cm³/mol. The van der Waals surface area contributed by atoms with Crippen LogP contribution in [-0.4, -0.2) is 69.7 Å². The third-order valence-corrected chi connectivity index (χ3v) is 4.35. The van der Waals surface area contributed by atoms with Crippen molar-refractivity contribution in [1.29, 1.82) is 0 Å². The Morgan fingerprint density at radius 2 is 1.97 bits per heavy atom. The Labute approximate surface area is 167 Å². The summed E-state index contributed by atoms with van der Waals surface area (Å²) in [6.07, 6.45) is -0.875. The van der Waals surface area contributed by atoms with Crippen LogP contribution in [0.25, 0.3) is 11.2 Å². The number of aromatic nitrogens is 4. The van der Waals surface area contributed by atoms with Gasteiger partial charge in [-0.1, -0.05) is 0 Å². The summed E-state index contributed by atoms with van der Waals surface area (Å²) in [6.45, 7) is 6.07. The quantitative estimate of drug-likeness (QED) is 0.323. The Kier molecular flexibility index (Phi) is 6.82. The summed E-state index contributed by atoms with van der Waals surface area (Å²) in [5.41, 5.74) is 6.74. The van der Waals surface area contributed by atoms with Crippen molar-refractivity contribution in [2.45, 2.75) is 51.6 Å². The van der Waals surface area contributed by atoms with Gasteiger partial charge in [-0.05, 0) is 20.8 Å². The molecular formula is C17H27N5O7. The molecule has 3 heterocycles. The van der Waals surface area contributed by atoms with E-state index in [0.717, 1.165) is 0 Å². The van der Waals surface area contributed by atoms with Crippen LogP contribution in [0.4, 0.5) is 5.82 Å². The molecule has 3 atom stereocenters. The molecule has 3 N–H and O–H groups in total. The Hall–Kier alpha value is -2.09. The molecule has 1 aliphatic rings. The maximum absolute atomic E-state index is 10.7. The number of anilines is 1. The summed E-state index contributed by atoms with van der Waals surface area (Å²) in [4.78, 5) is 23.1. The summed E-state index contributed by atoms with van der Waals surface area (Å²) in [5.74, 6) is -1.55. The largest absolute Gasteiger partial charge is 0.467 e. The van der Waals surface area contributed by atoms with E-state index in [1.807, 2.05) is 0 Å². The molecule has 0 unspecified atom stereocenters. The SMILES string of the molecule is CCOOC(OCC)(OCC)[C@H]1O[C@@H](n2cnc3c(N)nc(OC)nc32)C[C@@H]1O. The van der Waals surface area contributed by atoms with Gasteiger partial charge in [-0.15, -0.1) is 0 Å². The molecule has 12 nitrogen and oxygen atoms in total. The van der Waals surface area contributed by atoms with E-state index < -0.39 is 24.4 Å². The molecule has 0 aromatic carbocycles. The van der Waals surface area contributed by atoms with Gasteiger partial charge in [-0.25, -0.2) is 9.87 Å². The highest BCUT2D eigenvalue weighted by Gasteiger charge is 2.54. The van der Waals surface area contributed by atoms with Crippen LogP contribution in [0.5, 0.6) is 6.01 Å². The molecule has 1 fully saturated rings. The lowest BCUT2D eigenvalue weighted by Gasteiger charge is -2.36. The summed E-state index contributed by atoms with van der Waals surface area (Å²) >= 11 is 0. The Bertz CT molecular complexity index is 811. The van der Waals surface area contributed by atoms with Crippen molar-refractivity contribution in [1.82, 2.24) is 19.5 Å². The number of imidazole rings is 1. The third-order valence-electron chi connectivity index (χ3n) is 4.35. The van der Waals surface area contributed by atoms with E-state index in [2.05, 4.69) is 15.0 Å². The molecule has 0 radical (unpaired) electrons. The third kappa shape index (κ3) is 4.13. The number of methoxy groups -OCH3 is 1. The first-order valence-electron chi connectivity index (χ1n) is 9.45. The molecule has 0 saturated carbocycles. The fourth-order valence-corrected chi connectivity index (χ4v) is 3.21. The number of ether oxygens (including phenoxy) is 4. The van der Waals surface area contributed by atoms with Crippen molar-refractivity contribution < 1.29 is 33.8 Å². The molecular weight excluding hydrogens is 386 g/mol. The predicted octanol–water partition coefficient (Wildman–Crippen LogP) is 0.760. The van der Waals surface area contributed by atoms with Crippen LogP contribution in [0.3, 0.4) is 0 Å². The zero-order chi connectivity index (χ0) is 21.0. The van der Waals surface area contributed by atoms with E-state index in [0.29, 0.717) is 11.2 Å². The smallest absolute Gasteiger partial charge is 0.341 e. The van der Waals surface area contributed by atoms with Crippen LogP contribution in [0, 0.1) is 0 Å². The fourth-order valence-electron chi connectivity index (χ4n) is 3.21. The molecule has 3 rings (SSSR count). The van der Waals surface area contributed by atoms with E-state index >= 15 is 0 Å². The number of nitrogens with zero attached hydrogens (tertiary/aromatic N) is 4. The van der Waals surface area contributed by atoms with Crippen LogP contribution in [0.2, 0.25) is 0 Å². The van der Waals surface area contributed by atoms with Crippen molar-refractivity contribution in [3.05, 3.63) is 6.33 Å². The fraction of sp³-hybridized carbons (Fsp3) is 0.706. The normalized spacial score (nSPS) is 22.4. The van der Waals surface area contributed by atoms with Gasteiger partial charge < -0.3 is 29.8 Å². The van der Waals surface area contributed by atoms with Crippen molar-refractivity contribution in [2.75, 3.05) is 32.7 Å². The van der Waals surface area contributed by atoms with Gasteiger partial charge in [0.05, 0.1) is 26.1 Å². The van der Waals surface area contributed by atoms with E-state index in [1.54, 1.807) is 25.3 Å². The van der Waals surface area contributed by atoms with Gasteiger partial charge >= 0.3 is 12.0 Å². The number of fused-ring (bicyclic) bond motifs is 1. The first-order chi connectivity index (χ1) is 14.0. The highest BCUT2D eigenvalue weighted by Crippen LogP contribution is 2.39. The zero-order valence-corrected chi connectivity index (χ0v) is 16.9. The highest BCUT2D eigenvalue weighted by atomic mass is 17.3. The van der Waals surface area contributed by atoms with Crippen LogP contribution in [0.1, 0.15) is 33.4 Å². The molecule has 1 saturated heterocycles. The first kappa shape index (κ1) is 21.6. The van der Waals surface area contributed by atoms with E-state index in [1.165, 1.54) is 13.4 Å². The van der Waals surface area contributed by atoms with Gasteiger partial charge in [0.25, 0.3) is 0 Å². The monoisotopic (exact) mass is 413 g/mol. The highest BCUT2D eigenvalue weighted by molar-refractivity contribution is 5.81. The van der Waals surface area contributed by atoms with E-state index in [4.69, 9.17) is 34.5 Å². The number of nitrogens with two attached hydrogens (primary N) is 1. The van der Waals surface area contributed by atoms with Gasteiger partial charge in [0, 0.05) is 19.6 Å². The summed E-state index contributed by atoms with van der Waals surface area (Å²) in [6, 6.07) is 0.101. The van der Waals surface area contributed by atoms with Crippen molar-refractivity contribution in [2.24, 2.45) is 0 Å².